The van der Waals surface area contributed by atoms with Gasteiger partial charge in [0.15, 0.2) is 6.54 Å². The van der Waals surface area contributed by atoms with Crippen LogP contribution in [0.4, 0.5) is 17.1 Å². The fourth-order valence-electron chi connectivity index (χ4n) is 7.53. The lowest BCUT2D eigenvalue weighted by Crippen LogP contribution is -2.29. The number of aryl methyl sites for hydroxylation is 6. The molecule has 0 saturated heterocycles. The predicted octanol–water partition coefficient (Wildman–Crippen LogP) is 7.53. The normalized spacial score (nSPS) is 12.5. The first kappa shape index (κ1) is 35.0. The van der Waals surface area contributed by atoms with Crippen LogP contribution in [0, 0.1) is 41.5 Å². The van der Waals surface area contributed by atoms with E-state index in [1.54, 1.807) is 18.2 Å². The van der Waals surface area contributed by atoms with Crippen LogP contribution in [0.2, 0.25) is 0 Å². The topological polar surface area (TPSA) is 114 Å². The molecule has 0 atom stereocenters. The largest absolute Gasteiger partial charge is 0.456 e. The molecule has 258 valence electrons. The Balaban J connectivity index is 1.71. The highest BCUT2D eigenvalue weighted by molar-refractivity contribution is 7.86. The SMILES string of the molecule is Cc1cc(C)c(N(CCO)c2ccc3c(-c4ccccc4S(=O)(=O)O)c4ccc(=[N+](CCO)c5c(C)cc(C)cc5C)cc-4oc3c2)c(C)c1. The summed E-state index contributed by atoms with van der Waals surface area (Å²) in [6.45, 7) is 12.9. The standard InChI is InChI=1S/C41H42N2O6S/c1-25-19-27(3)40(28(4)20-25)42(15-17-44)31-11-13-33-36(23-31)49-37-24-32(43(16-18-45)41-29(5)21-26(2)22-30(41)6)12-14-34(37)39(33)35-9-7-8-10-38(35)50(46,47)48/h7-14,19-24,44-45H,15-18H2,1-6H3/p+1. The van der Waals surface area contributed by atoms with E-state index in [0.29, 0.717) is 46.5 Å². The van der Waals surface area contributed by atoms with E-state index in [1.165, 1.54) is 6.07 Å². The van der Waals surface area contributed by atoms with Crippen molar-refractivity contribution in [3.8, 4) is 22.5 Å². The van der Waals surface area contributed by atoms with Crippen molar-refractivity contribution in [2.75, 3.05) is 31.2 Å². The van der Waals surface area contributed by atoms with Crippen LogP contribution in [0.3, 0.4) is 0 Å². The van der Waals surface area contributed by atoms with Gasteiger partial charge in [0, 0.05) is 63.3 Å². The average molecular weight is 692 g/mol. The number of aliphatic hydroxyl groups is 2. The van der Waals surface area contributed by atoms with E-state index in [1.807, 2.05) is 36.4 Å². The fourth-order valence-corrected chi connectivity index (χ4v) is 8.23. The third-order valence-corrected chi connectivity index (χ3v) is 10.1. The van der Waals surface area contributed by atoms with Gasteiger partial charge in [0.25, 0.3) is 10.1 Å². The maximum Gasteiger partial charge on any atom is 0.295 e. The Morgan fingerprint density at radius 1 is 0.720 bits per heavy atom. The number of nitrogens with zero attached hydrogens (tertiary/aromatic N) is 2. The second kappa shape index (κ2) is 13.8. The Bertz CT molecular complexity index is 2370. The van der Waals surface area contributed by atoms with Crippen molar-refractivity contribution in [2.45, 2.75) is 46.4 Å². The Morgan fingerprint density at radius 2 is 1.36 bits per heavy atom. The molecule has 1 aliphatic heterocycles. The van der Waals surface area contributed by atoms with E-state index in [0.717, 1.165) is 55.8 Å². The molecule has 0 fully saturated rings. The molecule has 0 radical (unpaired) electrons. The zero-order chi connectivity index (χ0) is 35.9. The highest BCUT2D eigenvalue weighted by Crippen LogP contribution is 2.44. The third-order valence-electron chi connectivity index (χ3n) is 9.20. The van der Waals surface area contributed by atoms with E-state index >= 15 is 0 Å². The highest BCUT2D eigenvalue weighted by Gasteiger charge is 2.26. The molecule has 0 saturated carbocycles. The van der Waals surface area contributed by atoms with Crippen molar-refractivity contribution >= 4 is 38.1 Å². The summed E-state index contributed by atoms with van der Waals surface area (Å²) in [5.41, 5.74) is 11.5. The molecular weight excluding hydrogens is 649 g/mol. The zero-order valence-corrected chi connectivity index (χ0v) is 30.1. The molecule has 3 N–H and O–H groups in total. The number of hydrogen-bond acceptors (Lipinski definition) is 6. The molecule has 6 rings (SSSR count). The second-order valence-corrected chi connectivity index (χ2v) is 14.4. The minimum atomic E-state index is -4.58. The molecule has 1 heterocycles. The summed E-state index contributed by atoms with van der Waals surface area (Å²) in [6.07, 6.45) is 0. The van der Waals surface area contributed by atoms with E-state index in [-0.39, 0.29) is 18.1 Å². The van der Waals surface area contributed by atoms with Crippen molar-refractivity contribution < 1.29 is 27.6 Å². The number of fused-ring (bicyclic) bond motifs is 2. The van der Waals surface area contributed by atoms with Gasteiger partial charge in [-0.2, -0.15) is 13.0 Å². The van der Waals surface area contributed by atoms with Gasteiger partial charge in [-0.15, -0.1) is 0 Å². The molecule has 0 unspecified atom stereocenters. The lowest BCUT2D eigenvalue weighted by Gasteiger charge is -2.28. The van der Waals surface area contributed by atoms with Crippen LogP contribution in [0.5, 0.6) is 0 Å². The minimum absolute atomic E-state index is 0.0749. The Kier molecular flexibility index (Phi) is 9.70. The van der Waals surface area contributed by atoms with Crippen LogP contribution in [0.15, 0.2) is 94.2 Å². The Hall–Kier alpha value is -4.80. The summed E-state index contributed by atoms with van der Waals surface area (Å²) in [5.74, 6) is 0.494. The molecule has 0 spiro atoms. The number of benzene rings is 5. The van der Waals surface area contributed by atoms with Crippen LogP contribution < -0.4 is 14.8 Å². The van der Waals surface area contributed by atoms with E-state index in [9.17, 15) is 23.2 Å². The first-order valence-electron chi connectivity index (χ1n) is 16.7. The molecule has 0 amide bonds. The van der Waals surface area contributed by atoms with Crippen molar-refractivity contribution in [1.82, 2.24) is 4.58 Å². The molecule has 8 nitrogen and oxygen atoms in total. The van der Waals surface area contributed by atoms with Crippen molar-refractivity contribution in [2.24, 2.45) is 0 Å². The molecule has 9 heteroatoms. The summed E-state index contributed by atoms with van der Waals surface area (Å²) in [6, 6.07) is 26.4. The van der Waals surface area contributed by atoms with Gasteiger partial charge >= 0.3 is 0 Å². The summed E-state index contributed by atoms with van der Waals surface area (Å²) in [5, 5.41) is 21.8. The molecule has 0 aromatic heterocycles. The maximum absolute atomic E-state index is 12.7. The van der Waals surface area contributed by atoms with Crippen molar-refractivity contribution in [3.63, 3.8) is 0 Å². The van der Waals surface area contributed by atoms with Gasteiger partial charge in [-0.05, 0) is 89.1 Å². The van der Waals surface area contributed by atoms with Gasteiger partial charge in [0.2, 0.25) is 11.0 Å². The van der Waals surface area contributed by atoms with Gasteiger partial charge in [0.1, 0.15) is 22.8 Å². The summed E-state index contributed by atoms with van der Waals surface area (Å²) in [4.78, 5) is 1.86. The van der Waals surface area contributed by atoms with Crippen molar-refractivity contribution in [1.29, 1.82) is 0 Å². The van der Waals surface area contributed by atoms with Crippen LogP contribution in [-0.2, 0) is 10.1 Å². The number of anilines is 2. The van der Waals surface area contributed by atoms with Gasteiger partial charge in [-0.1, -0.05) is 41.5 Å². The van der Waals surface area contributed by atoms with Crippen LogP contribution >= 0.6 is 0 Å². The van der Waals surface area contributed by atoms with E-state index in [2.05, 4.69) is 75.3 Å². The monoisotopic (exact) mass is 691 g/mol. The number of hydrogen-bond donors (Lipinski definition) is 3. The molecule has 50 heavy (non-hydrogen) atoms. The first-order chi connectivity index (χ1) is 23.8. The second-order valence-electron chi connectivity index (χ2n) is 13.1. The van der Waals surface area contributed by atoms with Crippen LogP contribution in [0.25, 0.3) is 33.4 Å². The van der Waals surface area contributed by atoms with Gasteiger partial charge in [-0.25, -0.2) is 0 Å². The molecule has 4 aromatic carbocycles. The van der Waals surface area contributed by atoms with Crippen molar-refractivity contribution in [3.05, 3.63) is 124 Å². The maximum atomic E-state index is 12.7. The summed E-state index contributed by atoms with van der Waals surface area (Å²) >= 11 is 0. The van der Waals surface area contributed by atoms with Gasteiger partial charge in [-0.3, -0.25) is 4.55 Å². The summed E-state index contributed by atoms with van der Waals surface area (Å²) in [7, 11) is -4.58. The lowest BCUT2D eigenvalue weighted by atomic mass is 9.93. The molecule has 2 aliphatic rings. The van der Waals surface area contributed by atoms with Crippen LogP contribution in [-0.4, -0.2) is 49.5 Å². The molecule has 4 aromatic rings. The fraction of sp³-hybridized carbons (Fsp3) is 0.244. The van der Waals surface area contributed by atoms with Gasteiger partial charge in [0.05, 0.1) is 12.7 Å². The Morgan fingerprint density at radius 3 is 1.98 bits per heavy atom. The predicted molar refractivity (Wildman–Crippen MR) is 200 cm³/mol. The number of aliphatic hydroxyl groups excluding tert-OH is 2. The summed E-state index contributed by atoms with van der Waals surface area (Å²) < 4.78 is 44.5. The number of rotatable bonds is 9. The van der Waals surface area contributed by atoms with E-state index in [4.69, 9.17) is 4.42 Å². The van der Waals surface area contributed by atoms with Crippen LogP contribution in [0.1, 0.15) is 33.4 Å². The lowest BCUT2D eigenvalue weighted by molar-refractivity contribution is 0.291. The molecule has 0 bridgehead atoms. The third kappa shape index (κ3) is 6.57. The highest BCUT2D eigenvalue weighted by atomic mass is 32.2. The quantitative estimate of drug-likeness (QED) is 0.0816. The zero-order valence-electron chi connectivity index (χ0n) is 29.3. The Labute approximate surface area is 293 Å². The van der Waals surface area contributed by atoms with Gasteiger partial charge < -0.3 is 19.5 Å². The average Bonchev–Trinajstić information content (AvgIpc) is 3.04. The minimum Gasteiger partial charge on any atom is -0.456 e. The molecule has 1 aliphatic carbocycles. The molecular formula is C41H43N2O6S+. The van der Waals surface area contributed by atoms with E-state index < -0.39 is 10.1 Å². The first-order valence-corrected chi connectivity index (χ1v) is 18.1. The smallest absolute Gasteiger partial charge is 0.295 e.